The molecule has 0 bridgehead atoms. The van der Waals surface area contributed by atoms with E-state index in [-0.39, 0.29) is 18.7 Å². The molecule has 2 rings (SSSR count). The molecule has 19 heavy (non-hydrogen) atoms. The van der Waals surface area contributed by atoms with Crippen LogP contribution < -0.4 is 0 Å². The lowest BCUT2D eigenvalue weighted by Crippen LogP contribution is -2.45. The van der Waals surface area contributed by atoms with E-state index >= 15 is 0 Å². The minimum Gasteiger partial charge on any atom is -0.337 e. The van der Waals surface area contributed by atoms with Crippen molar-refractivity contribution in [3.05, 3.63) is 34.3 Å². The van der Waals surface area contributed by atoms with E-state index in [1.165, 1.54) is 4.90 Å². The molecule has 1 aromatic rings. The first-order valence-electron chi connectivity index (χ1n) is 6.36. The molecule has 2 nitrogen and oxygen atoms in total. The van der Waals surface area contributed by atoms with Gasteiger partial charge in [0.1, 0.15) is 0 Å². The van der Waals surface area contributed by atoms with Crippen molar-refractivity contribution < 1.29 is 13.6 Å². The fourth-order valence-electron chi connectivity index (χ4n) is 2.24. The van der Waals surface area contributed by atoms with Crippen LogP contribution in [0.25, 0.3) is 0 Å². The van der Waals surface area contributed by atoms with Crippen LogP contribution in [0, 0.1) is 0 Å². The molecule has 0 saturated carbocycles. The van der Waals surface area contributed by atoms with Gasteiger partial charge < -0.3 is 4.90 Å². The predicted molar refractivity (Wildman–Crippen MR) is 73.2 cm³/mol. The van der Waals surface area contributed by atoms with Gasteiger partial charge in [0, 0.05) is 23.9 Å². The molecule has 1 saturated heterocycles. The Labute approximate surface area is 119 Å². The SMILES string of the molecule is O=C(CCc1ccc(Br)cc1)N1CCCC(F)(F)C1. The Kier molecular flexibility index (Phi) is 4.55. The highest BCUT2D eigenvalue weighted by molar-refractivity contribution is 9.10. The molecule has 0 N–H and O–H groups in total. The van der Waals surface area contributed by atoms with Gasteiger partial charge in [0.15, 0.2) is 0 Å². The Morgan fingerprint density at radius 3 is 2.63 bits per heavy atom. The Morgan fingerprint density at radius 1 is 1.32 bits per heavy atom. The number of halogens is 3. The zero-order chi connectivity index (χ0) is 13.9. The highest BCUT2D eigenvalue weighted by atomic mass is 79.9. The van der Waals surface area contributed by atoms with Crippen molar-refractivity contribution in [1.29, 1.82) is 0 Å². The van der Waals surface area contributed by atoms with E-state index in [2.05, 4.69) is 15.9 Å². The van der Waals surface area contributed by atoms with E-state index in [9.17, 15) is 13.6 Å². The van der Waals surface area contributed by atoms with Crippen molar-refractivity contribution in [2.45, 2.75) is 31.6 Å². The Hall–Kier alpha value is -0.970. The highest BCUT2D eigenvalue weighted by Crippen LogP contribution is 2.27. The van der Waals surface area contributed by atoms with E-state index in [4.69, 9.17) is 0 Å². The molecule has 1 aliphatic heterocycles. The zero-order valence-corrected chi connectivity index (χ0v) is 12.1. The van der Waals surface area contributed by atoms with Crippen LogP contribution in [0.2, 0.25) is 0 Å². The van der Waals surface area contributed by atoms with Crippen molar-refractivity contribution in [3.8, 4) is 0 Å². The predicted octanol–water partition coefficient (Wildman–Crippen LogP) is 3.64. The molecule has 5 heteroatoms. The summed E-state index contributed by atoms with van der Waals surface area (Å²) < 4.78 is 27.4. The van der Waals surface area contributed by atoms with Crippen LogP contribution in [0.4, 0.5) is 8.78 Å². The molecule has 1 fully saturated rings. The van der Waals surface area contributed by atoms with Crippen molar-refractivity contribution in [2.75, 3.05) is 13.1 Å². The first kappa shape index (κ1) is 14.4. The van der Waals surface area contributed by atoms with Crippen molar-refractivity contribution in [2.24, 2.45) is 0 Å². The molecule has 0 atom stereocenters. The Balaban J connectivity index is 1.85. The average Bonchev–Trinajstić information content (AvgIpc) is 2.36. The number of piperidine rings is 1. The van der Waals surface area contributed by atoms with E-state index in [0.717, 1.165) is 10.0 Å². The first-order chi connectivity index (χ1) is 8.96. The molecule has 1 amide bonds. The largest absolute Gasteiger partial charge is 0.337 e. The summed E-state index contributed by atoms with van der Waals surface area (Å²) in [5, 5.41) is 0. The quantitative estimate of drug-likeness (QED) is 0.828. The van der Waals surface area contributed by atoms with Crippen molar-refractivity contribution in [3.63, 3.8) is 0 Å². The molecule has 0 spiro atoms. The van der Waals surface area contributed by atoms with Gasteiger partial charge in [-0.3, -0.25) is 4.79 Å². The van der Waals surface area contributed by atoms with Gasteiger partial charge in [-0.1, -0.05) is 28.1 Å². The molecule has 1 heterocycles. The van der Waals surface area contributed by atoms with Gasteiger partial charge in [0.2, 0.25) is 5.91 Å². The average molecular weight is 332 g/mol. The number of carbonyl (C=O) groups is 1. The summed E-state index contributed by atoms with van der Waals surface area (Å²) in [7, 11) is 0. The number of benzene rings is 1. The number of hydrogen-bond acceptors (Lipinski definition) is 1. The number of likely N-dealkylation sites (tertiary alicyclic amines) is 1. The second-order valence-corrected chi connectivity index (χ2v) is 5.82. The topological polar surface area (TPSA) is 20.3 Å². The summed E-state index contributed by atoms with van der Waals surface area (Å²) in [5.74, 6) is -2.90. The smallest absolute Gasteiger partial charge is 0.265 e. The maximum atomic E-state index is 13.2. The van der Waals surface area contributed by atoms with Gasteiger partial charge in [-0.15, -0.1) is 0 Å². The summed E-state index contributed by atoms with van der Waals surface area (Å²) in [6.07, 6.45) is 1.16. The zero-order valence-electron chi connectivity index (χ0n) is 10.5. The third kappa shape index (κ3) is 4.27. The third-order valence-corrected chi connectivity index (χ3v) is 3.81. The minimum absolute atomic E-state index is 0.108. The van der Waals surface area contributed by atoms with Crippen LogP contribution in [-0.2, 0) is 11.2 Å². The van der Waals surface area contributed by atoms with E-state index in [0.29, 0.717) is 19.4 Å². The minimum atomic E-state index is -2.72. The molecular formula is C14H16BrF2NO. The maximum absolute atomic E-state index is 13.2. The lowest BCUT2D eigenvalue weighted by atomic mass is 10.1. The number of hydrogen-bond donors (Lipinski definition) is 0. The fourth-order valence-corrected chi connectivity index (χ4v) is 2.50. The molecule has 104 valence electrons. The summed E-state index contributed by atoms with van der Waals surface area (Å²) in [5.41, 5.74) is 1.04. The van der Waals surface area contributed by atoms with E-state index in [1.54, 1.807) is 0 Å². The van der Waals surface area contributed by atoms with Crippen LogP contribution in [0.3, 0.4) is 0 Å². The number of amides is 1. The van der Waals surface area contributed by atoms with Crippen LogP contribution in [0.15, 0.2) is 28.7 Å². The standard InChI is InChI=1S/C14H16BrF2NO/c15-12-5-2-11(3-6-12)4-7-13(19)18-9-1-8-14(16,17)10-18/h2-3,5-6H,1,4,7-10H2. The summed E-state index contributed by atoms with van der Waals surface area (Å²) in [4.78, 5) is 13.2. The van der Waals surface area contributed by atoms with Crippen LogP contribution in [-0.4, -0.2) is 29.8 Å². The van der Waals surface area contributed by atoms with Crippen LogP contribution in [0.1, 0.15) is 24.8 Å². The van der Waals surface area contributed by atoms with E-state index in [1.807, 2.05) is 24.3 Å². The highest BCUT2D eigenvalue weighted by Gasteiger charge is 2.36. The lowest BCUT2D eigenvalue weighted by Gasteiger charge is -2.32. The lowest BCUT2D eigenvalue weighted by molar-refractivity contribution is -0.141. The van der Waals surface area contributed by atoms with Gasteiger partial charge >= 0.3 is 0 Å². The van der Waals surface area contributed by atoms with E-state index < -0.39 is 12.5 Å². The molecule has 0 unspecified atom stereocenters. The normalized spacial score (nSPS) is 18.4. The van der Waals surface area contributed by atoms with Crippen LogP contribution >= 0.6 is 15.9 Å². The Morgan fingerprint density at radius 2 is 2.00 bits per heavy atom. The third-order valence-electron chi connectivity index (χ3n) is 3.29. The monoisotopic (exact) mass is 331 g/mol. The van der Waals surface area contributed by atoms with Crippen molar-refractivity contribution in [1.82, 2.24) is 4.90 Å². The molecule has 1 aliphatic rings. The maximum Gasteiger partial charge on any atom is 0.265 e. The van der Waals surface area contributed by atoms with Gasteiger partial charge in [0.05, 0.1) is 6.54 Å². The summed E-state index contributed by atoms with van der Waals surface area (Å²) >= 11 is 3.34. The second kappa shape index (κ2) is 5.99. The molecule has 1 aromatic carbocycles. The fraction of sp³-hybridized carbons (Fsp3) is 0.500. The van der Waals surface area contributed by atoms with Gasteiger partial charge in [0.25, 0.3) is 5.92 Å². The summed E-state index contributed by atoms with van der Waals surface area (Å²) in [6.45, 7) is 0.0287. The van der Waals surface area contributed by atoms with Crippen LogP contribution in [0.5, 0.6) is 0 Å². The second-order valence-electron chi connectivity index (χ2n) is 4.90. The molecule has 0 aliphatic carbocycles. The number of nitrogens with zero attached hydrogens (tertiary/aromatic N) is 1. The van der Waals surface area contributed by atoms with Gasteiger partial charge in [-0.2, -0.15) is 0 Å². The van der Waals surface area contributed by atoms with Gasteiger partial charge in [-0.05, 0) is 30.5 Å². The first-order valence-corrected chi connectivity index (χ1v) is 7.16. The number of alkyl halides is 2. The molecule has 0 radical (unpaired) electrons. The van der Waals surface area contributed by atoms with Crippen molar-refractivity contribution >= 4 is 21.8 Å². The Bertz CT molecular complexity index is 447. The summed E-state index contributed by atoms with van der Waals surface area (Å²) in [6, 6.07) is 7.69. The van der Waals surface area contributed by atoms with Gasteiger partial charge in [-0.25, -0.2) is 8.78 Å². The molecular weight excluding hydrogens is 316 g/mol. The number of aryl methyl sites for hydroxylation is 1. The number of rotatable bonds is 3. The number of carbonyl (C=O) groups excluding carboxylic acids is 1. The molecule has 0 aromatic heterocycles.